The van der Waals surface area contributed by atoms with Gasteiger partial charge in [0.25, 0.3) is 11.6 Å². The number of anilines is 1. The van der Waals surface area contributed by atoms with Gasteiger partial charge < -0.3 is 20.1 Å². The van der Waals surface area contributed by atoms with Gasteiger partial charge in [-0.15, -0.1) is 0 Å². The van der Waals surface area contributed by atoms with E-state index in [0.717, 1.165) is 26.8 Å². The summed E-state index contributed by atoms with van der Waals surface area (Å²) in [6.45, 7) is 4.69. The van der Waals surface area contributed by atoms with Crippen LogP contribution in [0.3, 0.4) is 0 Å². The molecule has 192 valence electrons. The zero-order chi connectivity index (χ0) is 26.4. The Balaban J connectivity index is 1.47. The molecule has 3 aromatic carbocycles. The number of carbonyl (C=O) groups excluding carboxylic acids is 1. The van der Waals surface area contributed by atoms with E-state index in [1.165, 1.54) is 29.5 Å². The van der Waals surface area contributed by atoms with Crippen molar-refractivity contribution in [1.29, 1.82) is 0 Å². The average molecular weight is 631 g/mol. The number of aryl methyl sites for hydroxylation is 1. The maximum atomic E-state index is 12.6. The second-order valence-electron chi connectivity index (χ2n) is 8.15. The second-order valence-corrected chi connectivity index (χ2v) is 10.5. The highest BCUT2D eigenvalue weighted by Crippen LogP contribution is 2.37. The van der Waals surface area contributed by atoms with Gasteiger partial charge in [0.15, 0.2) is 17.0 Å². The minimum atomic E-state index is -0.432. The normalized spacial score (nSPS) is 15.9. The van der Waals surface area contributed by atoms with E-state index in [0.29, 0.717) is 23.0 Å². The molecule has 1 amide bonds. The molecule has 4 rings (SSSR count). The number of carbonyl (C=O) groups is 1. The molecule has 0 spiro atoms. The molecule has 1 atom stereocenters. The number of hydrogen-bond donors (Lipinski definition) is 2. The Morgan fingerprint density at radius 3 is 2.43 bits per heavy atom. The number of halogens is 1. The highest BCUT2D eigenvalue weighted by atomic mass is 127. The summed E-state index contributed by atoms with van der Waals surface area (Å²) >= 11 is 3.61. The predicted octanol–water partition coefficient (Wildman–Crippen LogP) is 6.34. The van der Waals surface area contributed by atoms with Crippen molar-refractivity contribution in [3.63, 3.8) is 0 Å². The summed E-state index contributed by atoms with van der Waals surface area (Å²) in [6.07, 6.45) is 2.82. The van der Waals surface area contributed by atoms with Gasteiger partial charge in [-0.25, -0.2) is 0 Å². The summed E-state index contributed by atoms with van der Waals surface area (Å²) in [5, 5.41) is 17.2. The maximum Gasteiger partial charge on any atom is 0.269 e. The van der Waals surface area contributed by atoms with Crippen molar-refractivity contribution < 1.29 is 19.2 Å². The lowest BCUT2D eigenvalue weighted by molar-refractivity contribution is -0.384. The Morgan fingerprint density at radius 1 is 1.08 bits per heavy atom. The fourth-order valence-corrected chi connectivity index (χ4v) is 5.41. The van der Waals surface area contributed by atoms with Gasteiger partial charge in [0, 0.05) is 17.8 Å². The smallest absolute Gasteiger partial charge is 0.269 e. The molecule has 0 aliphatic carbocycles. The number of nitrogens with one attached hydrogen (secondary N) is 2. The van der Waals surface area contributed by atoms with Crippen LogP contribution in [0.25, 0.3) is 6.08 Å². The monoisotopic (exact) mass is 631 g/mol. The number of amides is 1. The van der Waals surface area contributed by atoms with Crippen molar-refractivity contribution in [2.75, 3.05) is 11.9 Å². The van der Waals surface area contributed by atoms with Gasteiger partial charge in [0.2, 0.25) is 0 Å². The molecular formula is C27H26IN3O5S. The van der Waals surface area contributed by atoms with E-state index in [4.69, 9.17) is 9.47 Å². The summed E-state index contributed by atoms with van der Waals surface area (Å²) < 4.78 is 12.7. The molecule has 37 heavy (non-hydrogen) atoms. The molecule has 1 aliphatic heterocycles. The molecule has 0 radical (unpaired) electrons. The van der Waals surface area contributed by atoms with Crippen molar-refractivity contribution in [1.82, 2.24) is 5.32 Å². The lowest BCUT2D eigenvalue weighted by atomic mass is 10.1. The maximum absolute atomic E-state index is 12.6. The van der Waals surface area contributed by atoms with E-state index < -0.39 is 4.92 Å². The van der Waals surface area contributed by atoms with Crippen LogP contribution in [0.2, 0.25) is 0 Å². The molecule has 10 heteroatoms. The molecule has 8 nitrogen and oxygen atoms in total. The van der Waals surface area contributed by atoms with Crippen LogP contribution in [0.1, 0.15) is 30.5 Å². The molecule has 0 unspecified atom stereocenters. The topological polar surface area (TPSA) is 103 Å². The van der Waals surface area contributed by atoms with Crippen molar-refractivity contribution in [3.05, 3.63) is 95.9 Å². The van der Waals surface area contributed by atoms with Crippen molar-refractivity contribution in [3.8, 4) is 11.5 Å². The standard InChI is InChI=1S/C27H26IN3O5S/c1-3-17-5-9-20(10-6-17)29-27-30-26(32)24(37-27)15-19-13-22(28)25(23(14-19)35-4-2)36-16-18-7-11-21(12-8-18)31(33)34/h5-15,27,29H,3-4,16H2,1-2H3,(H,30,32)/b24-15-/t27-/m0/s1. The van der Waals surface area contributed by atoms with E-state index in [1.807, 2.05) is 37.3 Å². The Morgan fingerprint density at radius 2 is 1.78 bits per heavy atom. The molecule has 1 saturated heterocycles. The quantitative estimate of drug-likeness (QED) is 0.117. The van der Waals surface area contributed by atoms with Gasteiger partial charge in [-0.3, -0.25) is 14.9 Å². The molecule has 0 bridgehead atoms. The molecule has 1 heterocycles. The van der Waals surface area contributed by atoms with Crippen LogP contribution in [-0.4, -0.2) is 22.9 Å². The number of thioether (sulfide) groups is 1. The minimum Gasteiger partial charge on any atom is -0.490 e. The van der Waals surface area contributed by atoms with Gasteiger partial charge in [0.05, 0.1) is 20.0 Å². The van der Waals surface area contributed by atoms with Crippen LogP contribution >= 0.6 is 34.4 Å². The number of nitro benzene ring substituents is 1. The Bertz CT molecular complexity index is 1310. The predicted molar refractivity (Wildman–Crippen MR) is 155 cm³/mol. The van der Waals surface area contributed by atoms with Crippen LogP contribution in [-0.2, 0) is 17.8 Å². The number of hydrogen-bond acceptors (Lipinski definition) is 7. The number of rotatable bonds is 10. The molecule has 2 N–H and O–H groups in total. The summed E-state index contributed by atoms with van der Waals surface area (Å²) in [7, 11) is 0. The first-order valence-corrected chi connectivity index (χ1v) is 13.7. The molecule has 1 fully saturated rings. The largest absolute Gasteiger partial charge is 0.490 e. The highest BCUT2D eigenvalue weighted by Gasteiger charge is 2.27. The van der Waals surface area contributed by atoms with Crippen LogP contribution in [0.4, 0.5) is 11.4 Å². The van der Waals surface area contributed by atoms with E-state index >= 15 is 0 Å². The molecular weight excluding hydrogens is 605 g/mol. The van der Waals surface area contributed by atoms with Gasteiger partial charge in [-0.05, 0) is 95.1 Å². The lowest BCUT2D eigenvalue weighted by Gasteiger charge is -2.15. The Kier molecular flexibility index (Phi) is 8.93. The zero-order valence-corrected chi connectivity index (χ0v) is 23.3. The van der Waals surface area contributed by atoms with E-state index in [1.54, 1.807) is 12.1 Å². The zero-order valence-electron chi connectivity index (χ0n) is 20.3. The van der Waals surface area contributed by atoms with Crippen LogP contribution in [0.5, 0.6) is 11.5 Å². The van der Waals surface area contributed by atoms with Gasteiger partial charge in [-0.2, -0.15) is 0 Å². The van der Waals surface area contributed by atoms with Gasteiger partial charge in [-0.1, -0.05) is 30.8 Å². The number of nitro groups is 1. The number of nitrogens with zero attached hydrogens (tertiary/aromatic N) is 1. The fraction of sp³-hybridized carbons (Fsp3) is 0.222. The summed E-state index contributed by atoms with van der Waals surface area (Å²) in [5.74, 6) is 1.01. The van der Waals surface area contributed by atoms with Crippen LogP contribution in [0.15, 0.2) is 65.6 Å². The minimum absolute atomic E-state index is 0.0337. The highest BCUT2D eigenvalue weighted by molar-refractivity contribution is 14.1. The Hall–Kier alpha value is -3.25. The fourth-order valence-electron chi connectivity index (χ4n) is 3.65. The van der Waals surface area contributed by atoms with Crippen LogP contribution in [0, 0.1) is 13.7 Å². The van der Waals surface area contributed by atoms with E-state index in [2.05, 4.69) is 52.3 Å². The number of ether oxygens (including phenoxy) is 2. The first-order valence-electron chi connectivity index (χ1n) is 11.7. The van der Waals surface area contributed by atoms with Crippen molar-refractivity contribution >= 4 is 57.7 Å². The third-order valence-corrected chi connectivity index (χ3v) is 7.38. The molecule has 0 aromatic heterocycles. The number of benzene rings is 3. The molecule has 1 aliphatic rings. The Labute approximate surface area is 233 Å². The van der Waals surface area contributed by atoms with Crippen molar-refractivity contribution in [2.24, 2.45) is 0 Å². The summed E-state index contributed by atoms with van der Waals surface area (Å²) in [4.78, 5) is 23.7. The molecule has 3 aromatic rings. The van der Waals surface area contributed by atoms with Crippen molar-refractivity contribution in [2.45, 2.75) is 32.4 Å². The van der Waals surface area contributed by atoms with E-state index in [-0.39, 0.29) is 23.7 Å². The average Bonchev–Trinajstić information content (AvgIpc) is 3.22. The summed E-state index contributed by atoms with van der Waals surface area (Å²) in [5.41, 5.74) is 3.60. The lowest BCUT2D eigenvalue weighted by Crippen LogP contribution is -2.30. The van der Waals surface area contributed by atoms with Gasteiger partial charge in [0.1, 0.15) is 6.61 Å². The summed E-state index contributed by atoms with van der Waals surface area (Å²) in [6, 6.07) is 18.2. The third-order valence-electron chi connectivity index (χ3n) is 5.55. The third kappa shape index (κ3) is 6.95. The first kappa shape index (κ1) is 26.8. The second kappa shape index (κ2) is 12.3. The van der Waals surface area contributed by atoms with Crippen LogP contribution < -0.4 is 20.1 Å². The SMILES string of the molecule is CCOc1cc(/C=C2\S[C@@H](Nc3ccc(CC)cc3)NC2=O)cc(I)c1OCc1ccc([N+](=O)[O-])cc1. The van der Waals surface area contributed by atoms with Gasteiger partial charge >= 0.3 is 0 Å². The first-order chi connectivity index (χ1) is 17.9. The molecule has 0 saturated carbocycles. The number of non-ortho nitro benzene ring substituents is 1. The van der Waals surface area contributed by atoms with E-state index in [9.17, 15) is 14.9 Å².